The van der Waals surface area contributed by atoms with Crippen molar-refractivity contribution in [2.45, 2.75) is 20.8 Å². The molecule has 2 aromatic carbocycles. The van der Waals surface area contributed by atoms with Crippen molar-refractivity contribution in [2.75, 3.05) is 0 Å². The molecular weight excluding hydrogens is 417 g/mol. The van der Waals surface area contributed by atoms with Gasteiger partial charge in [-0.2, -0.15) is 5.10 Å². The van der Waals surface area contributed by atoms with Crippen LogP contribution in [0.5, 0.6) is 0 Å². The minimum Gasteiger partial charge on any atom is -0.318 e. The van der Waals surface area contributed by atoms with Crippen molar-refractivity contribution in [3.63, 3.8) is 0 Å². The maximum absolute atomic E-state index is 12.2. The zero-order valence-corrected chi connectivity index (χ0v) is 17.8. The van der Waals surface area contributed by atoms with Crippen LogP contribution >= 0.6 is 34.8 Å². The van der Waals surface area contributed by atoms with Crippen LogP contribution in [-0.4, -0.2) is 16.7 Å². The predicted octanol–water partition coefficient (Wildman–Crippen LogP) is 6.13. The van der Waals surface area contributed by atoms with Crippen molar-refractivity contribution in [1.82, 2.24) is 9.99 Å². The van der Waals surface area contributed by atoms with Gasteiger partial charge < -0.3 is 4.57 Å². The molecule has 1 heterocycles. The number of hydrogen-bond donors (Lipinski definition) is 1. The molecule has 0 bridgehead atoms. The summed E-state index contributed by atoms with van der Waals surface area (Å²) in [5.74, 6) is -0.406. The van der Waals surface area contributed by atoms with Gasteiger partial charge in [0.2, 0.25) is 0 Å². The molecule has 0 fully saturated rings. The summed E-state index contributed by atoms with van der Waals surface area (Å²) < 4.78 is 2.09. The molecular formula is C21H18Cl3N3O. The molecule has 3 aromatic rings. The minimum atomic E-state index is -0.406. The molecule has 28 heavy (non-hydrogen) atoms. The van der Waals surface area contributed by atoms with Gasteiger partial charge in [0.1, 0.15) is 0 Å². The number of hydrazone groups is 1. The summed E-state index contributed by atoms with van der Waals surface area (Å²) in [6, 6.07) is 12.6. The van der Waals surface area contributed by atoms with Crippen LogP contribution in [0.2, 0.25) is 15.1 Å². The van der Waals surface area contributed by atoms with Crippen LogP contribution in [0.1, 0.15) is 32.9 Å². The summed E-state index contributed by atoms with van der Waals surface area (Å²) >= 11 is 18.2. The fourth-order valence-electron chi connectivity index (χ4n) is 2.93. The first-order chi connectivity index (χ1) is 13.3. The number of halogens is 3. The molecule has 0 unspecified atom stereocenters. The van der Waals surface area contributed by atoms with E-state index in [4.69, 9.17) is 34.8 Å². The SMILES string of the molecule is Cc1ccc(-n2c(C)cc(/C=N\NC(=O)c3ccc(Cl)cc3Cl)c2C)cc1Cl. The Morgan fingerprint density at radius 1 is 1.00 bits per heavy atom. The molecule has 0 saturated carbocycles. The Hall–Kier alpha value is -2.27. The highest BCUT2D eigenvalue weighted by Crippen LogP contribution is 2.24. The lowest BCUT2D eigenvalue weighted by Gasteiger charge is -2.11. The lowest BCUT2D eigenvalue weighted by atomic mass is 10.2. The van der Waals surface area contributed by atoms with Crippen LogP contribution in [0.25, 0.3) is 5.69 Å². The second-order valence-corrected chi connectivity index (χ2v) is 7.67. The molecule has 0 saturated heterocycles. The zero-order valence-electron chi connectivity index (χ0n) is 15.6. The third-order valence-electron chi connectivity index (χ3n) is 4.43. The fraction of sp³-hybridized carbons (Fsp3) is 0.143. The van der Waals surface area contributed by atoms with Gasteiger partial charge in [-0.3, -0.25) is 4.79 Å². The molecule has 4 nitrogen and oxygen atoms in total. The standard InChI is InChI=1S/C21H18Cl3N3O/c1-12-4-6-17(10-19(12)23)27-13(2)8-15(14(27)3)11-25-26-21(28)18-7-5-16(22)9-20(18)24/h4-11H,1-3H3,(H,26,28)/b25-11-. The summed E-state index contributed by atoms with van der Waals surface area (Å²) in [5, 5.41) is 5.52. The highest BCUT2D eigenvalue weighted by molar-refractivity contribution is 6.36. The van der Waals surface area contributed by atoms with Gasteiger partial charge in [-0.05, 0) is 62.7 Å². The van der Waals surface area contributed by atoms with E-state index < -0.39 is 5.91 Å². The van der Waals surface area contributed by atoms with E-state index in [1.807, 2.05) is 45.0 Å². The fourth-order valence-corrected chi connectivity index (χ4v) is 3.60. The lowest BCUT2D eigenvalue weighted by molar-refractivity contribution is 0.0955. The topological polar surface area (TPSA) is 46.4 Å². The van der Waals surface area contributed by atoms with Gasteiger partial charge in [0, 0.05) is 32.7 Å². The summed E-state index contributed by atoms with van der Waals surface area (Å²) in [5.41, 5.74) is 7.71. The number of nitrogens with one attached hydrogen (secondary N) is 1. The van der Waals surface area contributed by atoms with Crippen LogP contribution in [0.15, 0.2) is 47.6 Å². The van der Waals surface area contributed by atoms with Crippen molar-refractivity contribution >= 4 is 46.9 Å². The second kappa shape index (κ2) is 8.39. The van der Waals surface area contributed by atoms with Crippen LogP contribution in [0.4, 0.5) is 0 Å². The van der Waals surface area contributed by atoms with Crippen molar-refractivity contribution < 1.29 is 4.79 Å². The number of carbonyl (C=O) groups excluding carboxylic acids is 1. The quantitative estimate of drug-likeness (QED) is 0.390. The van der Waals surface area contributed by atoms with E-state index in [1.54, 1.807) is 18.3 Å². The van der Waals surface area contributed by atoms with Gasteiger partial charge >= 0.3 is 0 Å². The number of aryl methyl sites for hydroxylation is 2. The van der Waals surface area contributed by atoms with Crippen LogP contribution < -0.4 is 5.43 Å². The monoisotopic (exact) mass is 433 g/mol. The van der Waals surface area contributed by atoms with E-state index in [0.717, 1.165) is 28.2 Å². The number of amides is 1. The predicted molar refractivity (Wildman–Crippen MR) is 117 cm³/mol. The Morgan fingerprint density at radius 3 is 2.43 bits per heavy atom. The molecule has 0 spiro atoms. The summed E-state index contributed by atoms with van der Waals surface area (Å²) in [6.07, 6.45) is 1.61. The summed E-state index contributed by atoms with van der Waals surface area (Å²) in [4.78, 5) is 12.2. The van der Waals surface area contributed by atoms with Gasteiger partial charge in [-0.15, -0.1) is 0 Å². The van der Waals surface area contributed by atoms with Crippen LogP contribution in [-0.2, 0) is 0 Å². The molecule has 1 amide bonds. The number of aromatic nitrogens is 1. The highest BCUT2D eigenvalue weighted by Gasteiger charge is 2.12. The molecule has 0 aliphatic carbocycles. The zero-order chi connectivity index (χ0) is 20.4. The molecule has 1 N–H and O–H groups in total. The van der Waals surface area contributed by atoms with Crippen molar-refractivity contribution in [1.29, 1.82) is 0 Å². The average Bonchev–Trinajstić information content (AvgIpc) is 2.91. The van der Waals surface area contributed by atoms with Crippen molar-refractivity contribution in [3.8, 4) is 5.69 Å². The number of hydrogen-bond acceptors (Lipinski definition) is 2. The van der Waals surface area contributed by atoms with E-state index in [9.17, 15) is 4.79 Å². The van der Waals surface area contributed by atoms with Gasteiger partial charge in [0.05, 0.1) is 16.8 Å². The maximum atomic E-state index is 12.2. The maximum Gasteiger partial charge on any atom is 0.272 e. The Labute approximate surface area is 178 Å². The Bertz CT molecular complexity index is 1090. The minimum absolute atomic E-state index is 0.273. The first kappa shape index (κ1) is 20.5. The first-order valence-electron chi connectivity index (χ1n) is 8.52. The highest BCUT2D eigenvalue weighted by atomic mass is 35.5. The molecule has 0 aliphatic rings. The molecule has 3 rings (SSSR count). The van der Waals surface area contributed by atoms with E-state index in [0.29, 0.717) is 15.6 Å². The number of rotatable bonds is 4. The molecule has 0 radical (unpaired) electrons. The third-order valence-corrected chi connectivity index (χ3v) is 5.38. The van der Waals surface area contributed by atoms with Gasteiger partial charge in [0.15, 0.2) is 0 Å². The van der Waals surface area contributed by atoms with E-state index in [-0.39, 0.29) is 5.02 Å². The largest absolute Gasteiger partial charge is 0.318 e. The Kier molecular flexibility index (Phi) is 6.14. The van der Waals surface area contributed by atoms with Gasteiger partial charge in [-0.25, -0.2) is 5.43 Å². The molecule has 144 valence electrons. The van der Waals surface area contributed by atoms with Crippen LogP contribution in [0.3, 0.4) is 0 Å². The smallest absolute Gasteiger partial charge is 0.272 e. The van der Waals surface area contributed by atoms with Gasteiger partial charge in [0.25, 0.3) is 5.91 Å². The van der Waals surface area contributed by atoms with E-state index in [1.165, 1.54) is 6.07 Å². The van der Waals surface area contributed by atoms with Crippen LogP contribution in [0, 0.1) is 20.8 Å². The second-order valence-electron chi connectivity index (χ2n) is 6.42. The van der Waals surface area contributed by atoms with E-state index >= 15 is 0 Å². The summed E-state index contributed by atoms with van der Waals surface area (Å²) in [7, 11) is 0. The van der Waals surface area contributed by atoms with Gasteiger partial charge in [-0.1, -0.05) is 40.9 Å². The summed E-state index contributed by atoms with van der Waals surface area (Å²) in [6.45, 7) is 5.96. The van der Waals surface area contributed by atoms with Crippen molar-refractivity contribution in [2.24, 2.45) is 5.10 Å². The Balaban J connectivity index is 1.81. The third kappa shape index (κ3) is 4.25. The molecule has 7 heteroatoms. The molecule has 0 aliphatic heterocycles. The van der Waals surface area contributed by atoms with Crippen molar-refractivity contribution in [3.05, 3.63) is 85.6 Å². The molecule has 0 atom stereocenters. The number of carbonyl (C=O) groups is 1. The first-order valence-corrected chi connectivity index (χ1v) is 9.65. The lowest BCUT2D eigenvalue weighted by Crippen LogP contribution is -2.18. The number of benzene rings is 2. The number of nitrogens with zero attached hydrogens (tertiary/aromatic N) is 2. The average molecular weight is 435 g/mol. The normalized spacial score (nSPS) is 11.2. The van der Waals surface area contributed by atoms with E-state index in [2.05, 4.69) is 15.1 Å². The molecule has 1 aromatic heterocycles. The Morgan fingerprint density at radius 2 is 1.75 bits per heavy atom.